The number of nitrogens with zero attached hydrogens (tertiary/aromatic N) is 3. The summed E-state index contributed by atoms with van der Waals surface area (Å²) < 4.78 is 10.7. The number of aliphatic imine (C=N–C) groups is 1. The molecule has 0 radical (unpaired) electrons. The van der Waals surface area contributed by atoms with Crippen molar-refractivity contribution in [2.45, 2.75) is 19.0 Å². The molecule has 1 heterocycles. The fraction of sp³-hybridized carbons (Fsp3) is 0.381. The van der Waals surface area contributed by atoms with Crippen molar-refractivity contribution in [2.75, 3.05) is 39.3 Å². The quantitative estimate of drug-likeness (QED) is 0.311. The van der Waals surface area contributed by atoms with Gasteiger partial charge in [-0.25, -0.2) is 0 Å². The largest absolute Gasteiger partial charge is 0.497 e. The van der Waals surface area contributed by atoms with E-state index >= 15 is 0 Å². The van der Waals surface area contributed by atoms with E-state index in [0.29, 0.717) is 12.5 Å². The van der Waals surface area contributed by atoms with Crippen LogP contribution in [0.2, 0.25) is 0 Å². The van der Waals surface area contributed by atoms with Crippen LogP contribution >= 0.6 is 0 Å². The van der Waals surface area contributed by atoms with Gasteiger partial charge in [-0.15, -0.1) is 0 Å². The number of rotatable bonds is 7. The van der Waals surface area contributed by atoms with Gasteiger partial charge in [0.25, 0.3) is 5.69 Å². The lowest BCUT2D eigenvalue weighted by molar-refractivity contribution is -0.384. The van der Waals surface area contributed by atoms with E-state index in [4.69, 9.17) is 9.47 Å². The molecule has 0 bridgehead atoms. The fourth-order valence-corrected chi connectivity index (χ4v) is 3.40. The molecule has 2 N–H and O–H groups in total. The van der Waals surface area contributed by atoms with E-state index in [0.717, 1.165) is 42.3 Å². The molecule has 0 spiro atoms. The van der Waals surface area contributed by atoms with E-state index in [9.17, 15) is 10.1 Å². The summed E-state index contributed by atoms with van der Waals surface area (Å²) in [5.41, 5.74) is 2.09. The molecule has 9 heteroatoms. The van der Waals surface area contributed by atoms with Gasteiger partial charge in [0.15, 0.2) is 5.96 Å². The van der Waals surface area contributed by atoms with Crippen molar-refractivity contribution in [3.63, 3.8) is 0 Å². The van der Waals surface area contributed by atoms with Crippen molar-refractivity contribution in [3.8, 4) is 11.5 Å². The normalized spacial score (nSPS) is 16.3. The van der Waals surface area contributed by atoms with Gasteiger partial charge < -0.3 is 25.0 Å². The molecule has 0 aromatic heterocycles. The topological polar surface area (TPSA) is 101 Å². The summed E-state index contributed by atoms with van der Waals surface area (Å²) in [5, 5.41) is 17.5. The van der Waals surface area contributed by atoms with Crippen molar-refractivity contribution in [1.82, 2.24) is 10.6 Å². The Balaban J connectivity index is 1.55. The second-order valence-electron chi connectivity index (χ2n) is 7.00. The van der Waals surface area contributed by atoms with Gasteiger partial charge in [-0.1, -0.05) is 12.1 Å². The molecule has 1 unspecified atom stereocenters. The SMILES string of the molecule is CN=C(NCc1ccc([N+](=O)[O-])cc1)NC1CCN(c2cc(OC)cc(OC)c2)C1. The van der Waals surface area contributed by atoms with Gasteiger partial charge in [0.05, 0.1) is 19.1 Å². The van der Waals surface area contributed by atoms with Crippen molar-refractivity contribution in [2.24, 2.45) is 4.99 Å². The molecule has 1 aliphatic rings. The summed E-state index contributed by atoms with van der Waals surface area (Å²) >= 11 is 0. The summed E-state index contributed by atoms with van der Waals surface area (Å²) in [6, 6.07) is 12.6. The molecule has 2 aromatic carbocycles. The summed E-state index contributed by atoms with van der Waals surface area (Å²) in [6.07, 6.45) is 0.970. The highest BCUT2D eigenvalue weighted by Gasteiger charge is 2.24. The number of hydrogen-bond donors (Lipinski definition) is 2. The zero-order valence-electron chi connectivity index (χ0n) is 17.4. The summed E-state index contributed by atoms with van der Waals surface area (Å²) in [6.45, 7) is 2.27. The van der Waals surface area contributed by atoms with E-state index in [1.165, 1.54) is 12.1 Å². The minimum absolute atomic E-state index is 0.0847. The van der Waals surface area contributed by atoms with Gasteiger partial charge in [0.1, 0.15) is 11.5 Å². The Morgan fingerprint density at radius 3 is 2.43 bits per heavy atom. The van der Waals surface area contributed by atoms with Gasteiger partial charge >= 0.3 is 0 Å². The van der Waals surface area contributed by atoms with Crippen LogP contribution in [0.3, 0.4) is 0 Å². The maximum absolute atomic E-state index is 10.8. The first kappa shape index (κ1) is 21.2. The monoisotopic (exact) mass is 413 g/mol. The van der Waals surface area contributed by atoms with Crippen molar-refractivity contribution < 1.29 is 14.4 Å². The number of nitro benzene ring substituents is 1. The van der Waals surface area contributed by atoms with Crippen LogP contribution in [0.15, 0.2) is 47.5 Å². The number of non-ortho nitro benzene ring substituents is 1. The lowest BCUT2D eigenvalue weighted by Gasteiger charge is -2.21. The molecule has 2 aromatic rings. The second kappa shape index (κ2) is 9.82. The number of ether oxygens (including phenoxy) is 2. The highest BCUT2D eigenvalue weighted by molar-refractivity contribution is 5.80. The Kier molecular flexibility index (Phi) is 6.95. The maximum Gasteiger partial charge on any atom is 0.269 e. The maximum atomic E-state index is 10.8. The number of nitrogens with one attached hydrogen (secondary N) is 2. The Morgan fingerprint density at radius 2 is 1.87 bits per heavy atom. The summed E-state index contributed by atoms with van der Waals surface area (Å²) in [7, 11) is 5.02. The first-order valence-electron chi connectivity index (χ1n) is 9.71. The third kappa shape index (κ3) is 5.31. The predicted molar refractivity (Wildman–Crippen MR) is 117 cm³/mol. The number of methoxy groups -OCH3 is 2. The molecule has 1 saturated heterocycles. The van der Waals surface area contributed by atoms with Crippen LogP contribution in [-0.2, 0) is 6.54 Å². The molecule has 30 heavy (non-hydrogen) atoms. The van der Waals surface area contributed by atoms with Gasteiger partial charge in [-0.05, 0) is 12.0 Å². The Labute approximate surface area is 175 Å². The Bertz CT molecular complexity index is 879. The smallest absolute Gasteiger partial charge is 0.269 e. The predicted octanol–water partition coefficient (Wildman–Crippen LogP) is 2.56. The molecule has 1 atom stereocenters. The Hall–Kier alpha value is -3.49. The minimum atomic E-state index is -0.401. The number of hydrogen-bond acceptors (Lipinski definition) is 6. The highest BCUT2D eigenvalue weighted by atomic mass is 16.6. The van der Waals surface area contributed by atoms with Gasteiger partial charge in [-0.2, -0.15) is 0 Å². The number of nitro groups is 1. The van der Waals surface area contributed by atoms with Crippen LogP contribution in [0.5, 0.6) is 11.5 Å². The van der Waals surface area contributed by atoms with Crippen LogP contribution < -0.4 is 25.0 Å². The molecule has 1 fully saturated rings. The van der Waals surface area contributed by atoms with Crippen LogP contribution in [0.4, 0.5) is 11.4 Å². The van der Waals surface area contributed by atoms with E-state index < -0.39 is 4.92 Å². The number of anilines is 1. The second-order valence-corrected chi connectivity index (χ2v) is 7.00. The molecular formula is C21H27N5O4. The Morgan fingerprint density at radius 1 is 1.20 bits per heavy atom. The van der Waals surface area contributed by atoms with Crippen LogP contribution in [-0.4, -0.2) is 51.3 Å². The van der Waals surface area contributed by atoms with Gasteiger partial charge in [0.2, 0.25) is 0 Å². The molecule has 0 amide bonds. The summed E-state index contributed by atoms with van der Waals surface area (Å²) in [5.74, 6) is 2.23. The van der Waals surface area contributed by atoms with E-state index in [1.54, 1.807) is 33.4 Å². The average molecular weight is 413 g/mol. The molecule has 0 saturated carbocycles. The molecule has 3 rings (SSSR count). The van der Waals surface area contributed by atoms with Crippen molar-refractivity contribution in [3.05, 3.63) is 58.1 Å². The third-order valence-corrected chi connectivity index (χ3v) is 5.06. The zero-order chi connectivity index (χ0) is 21.5. The van der Waals surface area contributed by atoms with Gasteiger partial charge in [-0.3, -0.25) is 15.1 Å². The number of benzene rings is 2. The molecule has 1 aliphatic heterocycles. The lowest BCUT2D eigenvalue weighted by Crippen LogP contribution is -2.44. The van der Waals surface area contributed by atoms with Crippen molar-refractivity contribution in [1.29, 1.82) is 0 Å². The summed E-state index contributed by atoms with van der Waals surface area (Å²) in [4.78, 5) is 16.9. The zero-order valence-corrected chi connectivity index (χ0v) is 17.4. The van der Waals surface area contributed by atoms with Gasteiger partial charge in [0, 0.05) is 68.7 Å². The molecule has 9 nitrogen and oxygen atoms in total. The first-order valence-corrected chi connectivity index (χ1v) is 9.71. The molecular weight excluding hydrogens is 386 g/mol. The van der Waals surface area contributed by atoms with E-state index in [2.05, 4.69) is 20.5 Å². The highest BCUT2D eigenvalue weighted by Crippen LogP contribution is 2.30. The minimum Gasteiger partial charge on any atom is -0.497 e. The molecule has 0 aliphatic carbocycles. The van der Waals surface area contributed by atoms with Crippen LogP contribution in [0.1, 0.15) is 12.0 Å². The van der Waals surface area contributed by atoms with E-state index in [1.807, 2.05) is 18.2 Å². The fourth-order valence-electron chi connectivity index (χ4n) is 3.40. The number of guanidine groups is 1. The van der Waals surface area contributed by atoms with Crippen LogP contribution in [0, 0.1) is 10.1 Å². The average Bonchev–Trinajstić information content (AvgIpc) is 3.25. The standard InChI is InChI=1S/C21H27N5O4/c1-22-21(23-13-15-4-6-17(7-5-15)26(27)28)24-16-8-9-25(14-16)18-10-19(29-2)12-20(11-18)30-3/h4-7,10-12,16H,8-9,13-14H2,1-3H3,(H2,22,23,24). The first-order chi connectivity index (χ1) is 14.5. The third-order valence-electron chi connectivity index (χ3n) is 5.06. The van der Waals surface area contributed by atoms with Crippen molar-refractivity contribution >= 4 is 17.3 Å². The van der Waals surface area contributed by atoms with Crippen LogP contribution in [0.25, 0.3) is 0 Å². The lowest BCUT2D eigenvalue weighted by atomic mass is 10.2. The molecule has 160 valence electrons. The van der Waals surface area contributed by atoms with E-state index in [-0.39, 0.29) is 11.7 Å².